The molecule has 1 aromatic heterocycles. The summed E-state index contributed by atoms with van der Waals surface area (Å²) in [4.78, 5) is 19.0. The van der Waals surface area contributed by atoms with Crippen LogP contribution in [0.1, 0.15) is 26.2 Å². The van der Waals surface area contributed by atoms with Crippen LogP contribution in [0, 0.1) is 0 Å². The average molecular weight is 496 g/mol. The number of hydrogen-bond acceptors (Lipinski definition) is 8. The quantitative estimate of drug-likeness (QED) is 0.542. The van der Waals surface area contributed by atoms with E-state index >= 15 is 0 Å². The van der Waals surface area contributed by atoms with Crippen molar-refractivity contribution in [3.05, 3.63) is 36.4 Å². The smallest absolute Gasteiger partial charge is 0.263 e. The van der Waals surface area contributed by atoms with Gasteiger partial charge in [-0.3, -0.25) is 4.79 Å². The van der Waals surface area contributed by atoms with E-state index in [4.69, 9.17) is 14.3 Å². The molecule has 0 radical (unpaired) electrons. The number of amides is 1. The van der Waals surface area contributed by atoms with E-state index in [1.54, 1.807) is 12.1 Å². The molecular formula is C22H29N3O6S2. The van der Waals surface area contributed by atoms with Gasteiger partial charge in [-0.1, -0.05) is 0 Å². The summed E-state index contributed by atoms with van der Waals surface area (Å²) in [6.07, 6.45) is 2.11. The Morgan fingerprint density at radius 3 is 2.79 bits per heavy atom. The third-order valence-electron chi connectivity index (χ3n) is 5.52. The molecule has 11 heteroatoms. The third kappa shape index (κ3) is 5.73. The summed E-state index contributed by atoms with van der Waals surface area (Å²) in [5, 5.41) is 3.09. The van der Waals surface area contributed by atoms with Gasteiger partial charge in [0.05, 0.1) is 6.61 Å². The molecule has 180 valence electrons. The Morgan fingerprint density at radius 1 is 1.24 bits per heavy atom. The van der Waals surface area contributed by atoms with Gasteiger partial charge in [0.15, 0.2) is 6.29 Å². The van der Waals surface area contributed by atoms with Crippen LogP contribution in [0.4, 0.5) is 0 Å². The number of thiophene rings is 1. The lowest BCUT2D eigenvalue weighted by Gasteiger charge is -2.34. The number of rotatable bonds is 8. The fraction of sp³-hybridized carbons (Fsp3) is 0.500. The van der Waals surface area contributed by atoms with Crippen molar-refractivity contribution in [2.24, 2.45) is 0 Å². The molecule has 2 saturated heterocycles. The molecule has 2 aliphatic rings. The predicted molar refractivity (Wildman–Crippen MR) is 124 cm³/mol. The Morgan fingerprint density at radius 2 is 2.06 bits per heavy atom. The van der Waals surface area contributed by atoms with Crippen molar-refractivity contribution in [2.75, 3.05) is 32.8 Å². The van der Waals surface area contributed by atoms with Gasteiger partial charge in [-0.05, 0) is 61.7 Å². The van der Waals surface area contributed by atoms with Crippen LogP contribution in [-0.4, -0.2) is 63.8 Å². The zero-order chi connectivity index (χ0) is 23.3. The zero-order valence-corrected chi connectivity index (χ0v) is 20.1. The second kappa shape index (κ2) is 10.9. The first-order valence-corrected chi connectivity index (χ1v) is 13.4. The van der Waals surface area contributed by atoms with E-state index in [1.165, 1.54) is 15.6 Å². The Hall–Kier alpha value is -2.02. The maximum atomic E-state index is 13.4. The van der Waals surface area contributed by atoms with Crippen LogP contribution in [0.2, 0.25) is 0 Å². The fourth-order valence-electron chi connectivity index (χ4n) is 3.80. The standard InChI is InChI=1S/C22H29N3O6S2/c1-2-29-17-8-6-16(7-9-17)19-10-11-21(32-19)33(27,28)25-13-12-23-15-18(25)22(26)24-31-20-5-3-4-14-30-20/h6-11,18,20,23H,2-5,12-15H2,1H3,(H,24,26)/t18-,20?/m1/s1. The first kappa shape index (κ1) is 24.1. The maximum absolute atomic E-state index is 13.4. The van der Waals surface area contributed by atoms with E-state index in [-0.39, 0.29) is 17.3 Å². The van der Waals surface area contributed by atoms with Gasteiger partial charge in [-0.2, -0.15) is 4.31 Å². The molecule has 1 unspecified atom stereocenters. The number of hydroxylamine groups is 1. The molecule has 0 bridgehead atoms. The van der Waals surface area contributed by atoms with Gasteiger partial charge in [0, 0.05) is 37.5 Å². The molecule has 0 saturated carbocycles. The number of carbonyl (C=O) groups is 1. The lowest BCUT2D eigenvalue weighted by atomic mass is 10.2. The van der Waals surface area contributed by atoms with Gasteiger partial charge in [0.25, 0.3) is 15.9 Å². The first-order valence-electron chi connectivity index (χ1n) is 11.1. The number of benzene rings is 1. The van der Waals surface area contributed by atoms with Crippen LogP contribution in [0.25, 0.3) is 10.4 Å². The summed E-state index contributed by atoms with van der Waals surface area (Å²) in [5.74, 6) is 0.254. The zero-order valence-electron chi connectivity index (χ0n) is 18.5. The molecule has 9 nitrogen and oxygen atoms in total. The van der Waals surface area contributed by atoms with Gasteiger partial charge in [0.1, 0.15) is 16.0 Å². The van der Waals surface area contributed by atoms with E-state index in [1.807, 2.05) is 31.2 Å². The van der Waals surface area contributed by atoms with Crippen molar-refractivity contribution < 1.29 is 27.5 Å². The van der Waals surface area contributed by atoms with E-state index in [9.17, 15) is 13.2 Å². The number of piperazine rings is 1. The topological polar surface area (TPSA) is 106 Å². The van der Waals surface area contributed by atoms with Crippen LogP contribution in [0.3, 0.4) is 0 Å². The average Bonchev–Trinajstić information content (AvgIpc) is 3.35. The molecule has 2 aliphatic heterocycles. The molecule has 33 heavy (non-hydrogen) atoms. The molecule has 0 spiro atoms. The van der Waals surface area contributed by atoms with E-state index in [2.05, 4.69) is 10.8 Å². The molecule has 2 aromatic rings. The van der Waals surface area contributed by atoms with Crippen LogP contribution in [-0.2, 0) is 24.4 Å². The van der Waals surface area contributed by atoms with Crippen molar-refractivity contribution in [3.8, 4) is 16.2 Å². The highest BCUT2D eigenvalue weighted by Gasteiger charge is 2.39. The highest BCUT2D eigenvalue weighted by molar-refractivity contribution is 7.91. The van der Waals surface area contributed by atoms with Crippen molar-refractivity contribution >= 4 is 27.3 Å². The summed E-state index contributed by atoms with van der Waals surface area (Å²) in [6.45, 7) is 3.95. The van der Waals surface area contributed by atoms with E-state index < -0.39 is 28.3 Å². The highest BCUT2D eigenvalue weighted by atomic mass is 32.2. The third-order valence-corrected chi connectivity index (χ3v) is 9.03. The molecule has 2 N–H and O–H groups in total. The fourth-order valence-corrected chi connectivity index (χ4v) is 6.83. The van der Waals surface area contributed by atoms with Gasteiger partial charge in [-0.25, -0.2) is 18.7 Å². The highest BCUT2D eigenvalue weighted by Crippen LogP contribution is 2.34. The molecule has 1 aromatic carbocycles. The second-order valence-corrected chi connectivity index (χ2v) is 11.0. The summed E-state index contributed by atoms with van der Waals surface area (Å²) < 4.78 is 39.2. The number of nitrogens with one attached hydrogen (secondary N) is 2. The second-order valence-electron chi connectivity index (χ2n) is 7.79. The molecule has 3 heterocycles. The minimum atomic E-state index is -3.86. The number of sulfonamides is 1. The molecule has 2 fully saturated rings. The van der Waals surface area contributed by atoms with Gasteiger partial charge < -0.3 is 14.8 Å². The predicted octanol–water partition coefficient (Wildman–Crippen LogP) is 2.35. The number of ether oxygens (including phenoxy) is 2. The lowest BCUT2D eigenvalue weighted by Crippen LogP contribution is -2.59. The van der Waals surface area contributed by atoms with Crippen LogP contribution in [0.15, 0.2) is 40.6 Å². The van der Waals surface area contributed by atoms with Gasteiger partial charge >= 0.3 is 0 Å². The Bertz CT molecular complexity index is 1030. The van der Waals surface area contributed by atoms with E-state index in [0.29, 0.717) is 26.2 Å². The van der Waals surface area contributed by atoms with Crippen molar-refractivity contribution in [3.63, 3.8) is 0 Å². The molecule has 4 rings (SSSR count). The number of carbonyl (C=O) groups excluding carboxylic acids is 1. The van der Waals surface area contributed by atoms with Crippen molar-refractivity contribution in [1.29, 1.82) is 0 Å². The molecule has 2 atom stereocenters. The summed E-state index contributed by atoms with van der Waals surface area (Å²) in [6, 6.07) is 9.99. The van der Waals surface area contributed by atoms with E-state index in [0.717, 1.165) is 29.0 Å². The Kier molecular flexibility index (Phi) is 7.99. The number of hydrogen-bond donors (Lipinski definition) is 2. The molecule has 0 aliphatic carbocycles. The van der Waals surface area contributed by atoms with Gasteiger partial charge in [-0.15, -0.1) is 11.3 Å². The summed E-state index contributed by atoms with van der Waals surface area (Å²) in [7, 11) is -3.86. The van der Waals surface area contributed by atoms with Crippen molar-refractivity contribution in [2.45, 2.75) is 42.7 Å². The Balaban J connectivity index is 1.47. The monoisotopic (exact) mass is 495 g/mol. The first-order chi connectivity index (χ1) is 16.0. The van der Waals surface area contributed by atoms with Gasteiger partial charge in [0.2, 0.25) is 0 Å². The molecule has 1 amide bonds. The maximum Gasteiger partial charge on any atom is 0.263 e. The van der Waals surface area contributed by atoms with Crippen molar-refractivity contribution in [1.82, 2.24) is 15.1 Å². The minimum absolute atomic E-state index is 0.191. The SMILES string of the molecule is CCOc1ccc(-c2ccc(S(=O)(=O)N3CCNC[C@@H]3C(=O)NOC3CCCCO3)s2)cc1. The van der Waals surface area contributed by atoms with Crippen LogP contribution >= 0.6 is 11.3 Å². The normalized spacial score (nSPS) is 22.1. The lowest BCUT2D eigenvalue weighted by molar-refractivity contribution is -0.202. The Labute approximate surface area is 198 Å². The van der Waals surface area contributed by atoms with Crippen LogP contribution < -0.4 is 15.5 Å². The summed E-state index contributed by atoms with van der Waals surface area (Å²) in [5.41, 5.74) is 3.31. The summed E-state index contributed by atoms with van der Waals surface area (Å²) >= 11 is 1.18. The minimum Gasteiger partial charge on any atom is -0.494 e. The van der Waals surface area contributed by atoms with Crippen LogP contribution in [0.5, 0.6) is 5.75 Å². The largest absolute Gasteiger partial charge is 0.494 e. The molecular weight excluding hydrogens is 466 g/mol. The number of nitrogens with zero attached hydrogens (tertiary/aromatic N) is 1.